The van der Waals surface area contributed by atoms with Crippen molar-refractivity contribution in [2.75, 3.05) is 14.1 Å². The summed E-state index contributed by atoms with van der Waals surface area (Å²) in [5.74, 6) is -0.574. The Morgan fingerprint density at radius 2 is 1.92 bits per heavy atom. The van der Waals surface area contributed by atoms with Crippen LogP contribution in [0.25, 0.3) is 11.0 Å². The molecule has 0 aliphatic heterocycles. The highest BCUT2D eigenvalue weighted by Gasteiger charge is 2.20. The average molecular weight is 392 g/mol. The van der Waals surface area contributed by atoms with Crippen LogP contribution in [-0.2, 0) is 16.6 Å². The second-order valence-corrected chi connectivity index (χ2v) is 9.22. The number of para-hydroxylation sites is 1. The van der Waals surface area contributed by atoms with Crippen molar-refractivity contribution in [2.45, 2.75) is 10.8 Å². The van der Waals surface area contributed by atoms with Gasteiger partial charge in [0.05, 0.1) is 6.54 Å². The number of hydrogen-bond acceptors (Lipinski definition) is 6. The number of rotatable bonds is 5. The standard InChI is InChI=1S/C17H16N2O5S2/c1-19(2)26(22,23)15-8-7-12(25-15)10-18-16(20)13-9-11-5-3-4-6-14(11)24-17(13)21/h3-9H,10H2,1-2H3,(H,18,20). The molecule has 7 nitrogen and oxygen atoms in total. The molecule has 26 heavy (non-hydrogen) atoms. The van der Waals surface area contributed by atoms with Crippen LogP contribution in [-0.4, -0.2) is 32.7 Å². The number of amides is 1. The minimum absolute atomic E-state index is 0.0959. The van der Waals surface area contributed by atoms with Gasteiger partial charge >= 0.3 is 5.63 Å². The monoisotopic (exact) mass is 392 g/mol. The Balaban J connectivity index is 1.77. The third-order valence-electron chi connectivity index (χ3n) is 3.68. The summed E-state index contributed by atoms with van der Waals surface area (Å²) in [7, 11) is -0.596. The molecule has 0 aliphatic rings. The summed E-state index contributed by atoms with van der Waals surface area (Å²) in [6.45, 7) is 0.110. The molecule has 2 aromatic heterocycles. The van der Waals surface area contributed by atoms with E-state index in [0.717, 1.165) is 15.6 Å². The van der Waals surface area contributed by atoms with Crippen LogP contribution in [0.4, 0.5) is 0 Å². The Kier molecular flexibility index (Phi) is 4.94. The van der Waals surface area contributed by atoms with Gasteiger partial charge in [-0.3, -0.25) is 4.79 Å². The third-order valence-corrected chi connectivity index (χ3v) is 7.05. The van der Waals surface area contributed by atoms with Gasteiger partial charge in [-0.05, 0) is 24.3 Å². The quantitative estimate of drug-likeness (QED) is 0.670. The van der Waals surface area contributed by atoms with Gasteiger partial charge < -0.3 is 9.73 Å². The van der Waals surface area contributed by atoms with Crippen LogP contribution in [0.2, 0.25) is 0 Å². The first-order chi connectivity index (χ1) is 12.3. The summed E-state index contributed by atoms with van der Waals surface area (Å²) in [4.78, 5) is 24.9. The minimum Gasteiger partial charge on any atom is -0.422 e. The second-order valence-electron chi connectivity index (χ2n) is 5.68. The lowest BCUT2D eigenvalue weighted by molar-refractivity contribution is 0.0948. The predicted octanol–water partition coefficient (Wildman–Crippen LogP) is 2.03. The van der Waals surface area contributed by atoms with Gasteiger partial charge in [0, 0.05) is 24.4 Å². The fourth-order valence-corrected chi connectivity index (χ4v) is 4.72. The van der Waals surface area contributed by atoms with Crippen molar-refractivity contribution >= 4 is 38.2 Å². The SMILES string of the molecule is CN(C)S(=O)(=O)c1ccc(CNC(=O)c2cc3ccccc3oc2=O)s1. The highest BCUT2D eigenvalue weighted by atomic mass is 32.2. The fraction of sp³-hybridized carbons (Fsp3) is 0.176. The lowest BCUT2D eigenvalue weighted by atomic mass is 10.2. The van der Waals surface area contributed by atoms with E-state index in [2.05, 4.69) is 5.32 Å². The molecule has 136 valence electrons. The van der Waals surface area contributed by atoms with Crippen molar-refractivity contribution in [2.24, 2.45) is 0 Å². The molecule has 0 aliphatic carbocycles. The van der Waals surface area contributed by atoms with Crippen molar-refractivity contribution in [3.63, 3.8) is 0 Å². The minimum atomic E-state index is -3.50. The normalized spacial score (nSPS) is 11.8. The van der Waals surface area contributed by atoms with Gasteiger partial charge in [-0.2, -0.15) is 0 Å². The number of thiophene rings is 1. The van der Waals surface area contributed by atoms with Crippen LogP contribution in [0.3, 0.4) is 0 Å². The molecule has 3 aromatic rings. The van der Waals surface area contributed by atoms with Crippen molar-refractivity contribution in [1.29, 1.82) is 0 Å². The molecule has 1 aromatic carbocycles. The topological polar surface area (TPSA) is 96.7 Å². The molecule has 0 bridgehead atoms. The molecule has 0 atom stereocenters. The van der Waals surface area contributed by atoms with Gasteiger partial charge in [0.2, 0.25) is 0 Å². The van der Waals surface area contributed by atoms with Crippen molar-refractivity contribution < 1.29 is 17.6 Å². The maximum absolute atomic E-state index is 12.3. The van der Waals surface area contributed by atoms with Gasteiger partial charge in [-0.15, -0.1) is 11.3 Å². The number of benzene rings is 1. The summed E-state index contributed by atoms with van der Waals surface area (Å²) >= 11 is 1.07. The van der Waals surface area contributed by atoms with E-state index in [1.807, 2.05) is 0 Å². The Bertz CT molecular complexity index is 1130. The highest BCUT2D eigenvalue weighted by molar-refractivity contribution is 7.91. The Labute approximate surface area is 153 Å². The molecular weight excluding hydrogens is 376 g/mol. The van der Waals surface area contributed by atoms with Gasteiger partial charge in [-0.25, -0.2) is 17.5 Å². The molecule has 0 radical (unpaired) electrons. The summed E-state index contributed by atoms with van der Waals surface area (Å²) < 4.78 is 30.6. The first kappa shape index (κ1) is 18.3. The van der Waals surface area contributed by atoms with E-state index in [1.54, 1.807) is 30.3 Å². The molecule has 0 unspecified atom stereocenters. The molecule has 0 spiro atoms. The van der Waals surface area contributed by atoms with Crippen LogP contribution in [0.5, 0.6) is 0 Å². The van der Waals surface area contributed by atoms with Crippen LogP contribution in [0.15, 0.2) is 55.9 Å². The second kappa shape index (κ2) is 7.02. The summed E-state index contributed by atoms with van der Waals surface area (Å²) in [5, 5.41) is 3.26. The van der Waals surface area contributed by atoms with E-state index >= 15 is 0 Å². The molecule has 0 fully saturated rings. The van der Waals surface area contributed by atoms with Crippen LogP contribution < -0.4 is 10.9 Å². The highest BCUT2D eigenvalue weighted by Crippen LogP contribution is 2.23. The molecule has 2 heterocycles. The molecule has 1 amide bonds. The third kappa shape index (κ3) is 3.55. The summed E-state index contributed by atoms with van der Waals surface area (Å²) in [6.07, 6.45) is 0. The number of carbonyl (C=O) groups is 1. The van der Waals surface area contributed by atoms with Crippen molar-refractivity contribution in [3.05, 3.63) is 63.3 Å². The van der Waals surface area contributed by atoms with Crippen molar-refractivity contribution in [1.82, 2.24) is 9.62 Å². The Hall–Kier alpha value is -2.49. The van der Waals surface area contributed by atoms with Gasteiger partial charge in [-0.1, -0.05) is 18.2 Å². The van der Waals surface area contributed by atoms with Gasteiger partial charge in [0.15, 0.2) is 0 Å². The Morgan fingerprint density at radius 3 is 2.65 bits per heavy atom. The van der Waals surface area contributed by atoms with E-state index in [9.17, 15) is 18.0 Å². The predicted molar refractivity (Wildman–Crippen MR) is 98.8 cm³/mol. The van der Waals surface area contributed by atoms with Crippen LogP contribution >= 0.6 is 11.3 Å². The van der Waals surface area contributed by atoms with Crippen LogP contribution in [0, 0.1) is 0 Å². The molecule has 9 heteroatoms. The number of carbonyl (C=O) groups excluding carboxylic acids is 1. The van der Waals surface area contributed by atoms with E-state index in [1.165, 1.54) is 26.2 Å². The lowest BCUT2D eigenvalue weighted by Crippen LogP contribution is -2.27. The smallest absolute Gasteiger partial charge is 0.349 e. The van der Waals surface area contributed by atoms with E-state index in [4.69, 9.17) is 4.42 Å². The summed E-state index contributed by atoms with van der Waals surface area (Å²) in [6, 6.07) is 11.5. The molecule has 0 saturated heterocycles. The maximum atomic E-state index is 12.3. The number of sulfonamides is 1. The first-order valence-corrected chi connectivity index (χ1v) is 9.87. The van der Waals surface area contributed by atoms with Gasteiger partial charge in [0.1, 0.15) is 15.4 Å². The largest absolute Gasteiger partial charge is 0.422 e. The van der Waals surface area contributed by atoms with Crippen molar-refractivity contribution in [3.8, 4) is 0 Å². The molecule has 1 N–H and O–H groups in total. The average Bonchev–Trinajstić information content (AvgIpc) is 3.08. The summed E-state index contributed by atoms with van der Waals surface area (Å²) in [5.41, 5.74) is -0.407. The fourth-order valence-electron chi connectivity index (χ4n) is 2.25. The van der Waals surface area contributed by atoms with Crippen LogP contribution in [0.1, 0.15) is 15.2 Å². The zero-order chi connectivity index (χ0) is 18.9. The molecule has 0 saturated carbocycles. The number of fused-ring (bicyclic) bond motifs is 1. The van der Waals surface area contributed by atoms with Gasteiger partial charge in [0.25, 0.3) is 15.9 Å². The molecular formula is C17H16N2O5S2. The van der Waals surface area contributed by atoms with E-state index < -0.39 is 21.6 Å². The zero-order valence-corrected chi connectivity index (χ0v) is 15.7. The maximum Gasteiger partial charge on any atom is 0.349 e. The number of nitrogens with zero attached hydrogens (tertiary/aromatic N) is 1. The van der Waals surface area contributed by atoms with E-state index in [-0.39, 0.29) is 16.3 Å². The lowest BCUT2D eigenvalue weighted by Gasteiger charge is -2.08. The zero-order valence-electron chi connectivity index (χ0n) is 14.1. The Morgan fingerprint density at radius 1 is 1.19 bits per heavy atom. The number of nitrogens with one attached hydrogen (secondary N) is 1. The number of hydrogen-bond donors (Lipinski definition) is 1. The molecule has 3 rings (SSSR count). The first-order valence-electron chi connectivity index (χ1n) is 7.61. The van der Waals surface area contributed by atoms with E-state index in [0.29, 0.717) is 15.8 Å².